The Morgan fingerprint density at radius 2 is 1.90 bits per heavy atom. The minimum absolute atomic E-state index is 0. The third kappa shape index (κ3) is 6.24. The molecule has 10 heteroatoms. The van der Waals surface area contributed by atoms with Gasteiger partial charge in [0, 0.05) is 63.9 Å². The van der Waals surface area contributed by atoms with E-state index in [1.54, 1.807) is 23.5 Å². The van der Waals surface area contributed by atoms with Crippen molar-refractivity contribution in [3.63, 3.8) is 0 Å². The van der Waals surface area contributed by atoms with E-state index in [1.807, 2.05) is 30.9 Å². The molecule has 0 spiro atoms. The predicted molar refractivity (Wildman–Crippen MR) is 136 cm³/mol. The van der Waals surface area contributed by atoms with Crippen molar-refractivity contribution in [2.24, 2.45) is 4.99 Å². The Labute approximate surface area is 202 Å². The van der Waals surface area contributed by atoms with Gasteiger partial charge < -0.3 is 15.1 Å². The van der Waals surface area contributed by atoms with Gasteiger partial charge in [-0.15, -0.1) is 24.0 Å². The molecular weight excluding hydrogens is 533 g/mol. The lowest BCUT2D eigenvalue weighted by Crippen LogP contribution is -2.48. The molecule has 1 aromatic rings. The summed E-state index contributed by atoms with van der Waals surface area (Å²) in [5.74, 6) is 1.93. The first kappa shape index (κ1) is 25.7. The molecule has 1 atom stereocenters. The number of rotatable bonds is 5. The maximum absolute atomic E-state index is 13.2. The van der Waals surface area contributed by atoms with Gasteiger partial charge in [0.25, 0.3) is 0 Å². The molecule has 30 heavy (non-hydrogen) atoms. The maximum atomic E-state index is 13.2. The van der Waals surface area contributed by atoms with Crippen molar-refractivity contribution in [1.29, 1.82) is 0 Å². The van der Waals surface area contributed by atoms with Crippen LogP contribution in [-0.2, 0) is 16.6 Å². The van der Waals surface area contributed by atoms with Gasteiger partial charge in [0.1, 0.15) is 0 Å². The lowest BCUT2D eigenvalue weighted by atomic mass is 10.2. The number of aliphatic imine (C=N–C) groups is 1. The average Bonchev–Trinajstić information content (AvgIpc) is 2.75. The van der Waals surface area contributed by atoms with E-state index >= 15 is 0 Å². The van der Waals surface area contributed by atoms with Crippen LogP contribution in [0.25, 0.3) is 0 Å². The zero-order chi connectivity index (χ0) is 20.9. The molecule has 3 rings (SSSR count). The molecule has 2 aliphatic rings. The third-order valence-electron chi connectivity index (χ3n) is 5.60. The van der Waals surface area contributed by atoms with Crippen molar-refractivity contribution in [1.82, 2.24) is 19.4 Å². The van der Waals surface area contributed by atoms with Crippen molar-refractivity contribution < 1.29 is 8.42 Å². The zero-order valence-electron chi connectivity index (χ0n) is 18.1. The Morgan fingerprint density at radius 3 is 2.57 bits per heavy atom. The predicted octanol–water partition coefficient (Wildman–Crippen LogP) is 2.14. The first-order chi connectivity index (χ1) is 14.0. The van der Waals surface area contributed by atoms with Gasteiger partial charge in [-0.25, -0.2) is 8.42 Å². The summed E-state index contributed by atoms with van der Waals surface area (Å²) in [4.78, 5) is 9.28. The lowest BCUT2D eigenvalue weighted by Gasteiger charge is -2.34. The summed E-state index contributed by atoms with van der Waals surface area (Å²) in [7, 11) is 0.315. The molecule has 2 aliphatic heterocycles. The molecule has 0 bridgehead atoms. The molecule has 0 amide bonds. The molecule has 170 valence electrons. The molecule has 2 fully saturated rings. The Bertz CT molecular complexity index is 813. The molecule has 1 unspecified atom stereocenters. The minimum atomic E-state index is -3.50. The molecule has 1 aromatic carbocycles. The quantitative estimate of drug-likeness (QED) is 0.334. The van der Waals surface area contributed by atoms with E-state index in [0.717, 1.165) is 49.9 Å². The van der Waals surface area contributed by atoms with Crippen LogP contribution in [0, 0.1) is 0 Å². The highest BCUT2D eigenvalue weighted by molar-refractivity contribution is 14.0. The fourth-order valence-corrected chi connectivity index (χ4v) is 6.56. The van der Waals surface area contributed by atoms with Crippen LogP contribution in [0.3, 0.4) is 0 Å². The van der Waals surface area contributed by atoms with E-state index in [9.17, 15) is 8.42 Å². The normalized spacial score (nSPS) is 21.9. The van der Waals surface area contributed by atoms with Gasteiger partial charge in [0.05, 0.1) is 4.90 Å². The number of thioether (sulfide) groups is 1. The minimum Gasteiger partial charge on any atom is -0.352 e. The Hall–Kier alpha value is -0.560. The lowest BCUT2D eigenvalue weighted by molar-refractivity contribution is 0.222. The molecular formula is C20H34IN5O2S2. The number of likely N-dealkylation sites (N-methyl/N-ethyl adjacent to an activating group) is 1. The molecule has 1 N–H and O–H groups in total. The first-order valence-electron chi connectivity index (χ1n) is 10.3. The zero-order valence-corrected chi connectivity index (χ0v) is 22.0. The Kier molecular flexibility index (Phi) is 10.2. The second-order valence-corrected chi connectivity index (χ2v) is 10.9. The molecule has 0 aromatic heterocycles. The van der Waals surface area contributed by atoms with Gasteiger partial charge in [-0.05, 0) is 25.1 Å². The fraction of sp³-hybridized carbons (Fsp3) is 0.650. The average molecular weight is 568 g/mol. The molecule has 2 heterocycles. The number of nitrogens with one attached hydrogen (secondary N) is 1. The van der Waals surface area contributed by atoms with Gasteiger partial charge in [0.2, 0.25) is 10.0 Å². The molecule has 7 nitrogen and oxygen atoms in total. The number of piperazine rings is 1. The number of halogens is 1. The van der Waals surface area contributed by atoms with Crippen LogP contribution in [-0.4, -0.2) is 92.8 Å². The molecule has 0 aliphatic carbocycles. The second-order valence-electron chi connectivity index (χ2n) is 7.56. The third-order valence-corrected chi connectivity index (χ3v) is 8.97. The van der Waals surface area contributed by atoms with Crippen LogP contribution in [0.2, 0.25) is 0 Å². The number of nitrogens with zero attached hydrogens (tertiary/aromatic N) is 4. The van der Waals surface area contributed by atoms with Crippen molar-refractivity contribution in [2.75, 3.05) is 59.1 Å². The summed E-state index contributed by atoms with van der Waals surface area (Å²) in [6.45, 7) is 7.19. The van der Waals surface area contributed by atoms with Crippen molar-refractivity contribution in [2.45, 2.75) is 30.0 Å². The van der Waals surface area contributed by atoms with Gasteiger partial charge in [-0.2, -0.15) is 16.1 Å². The SMILES string of the molecule is CCC1CN(C(=NC)NCc2ccccc2S(=O)(=O)N2CCN(C)CC2)CCS1.I. The summed E-state index contributed by atoms with van der Waals surface area (Å²) < 4.78 is 28.1. The monoisotopic (exact) mass is 567 g/mol. The standard InChI is InChI=1S/C20H33N5O2S2.HI/c1-4-18-16-24(13-14-28-18)20(21-2)22-15-17-7-5-6-8-19(17)29(26,27)25-11-9-23(3)10-12-25;/h5-8,18H,4,9-16H2,1-3H3,(H,21,22);1H. The number of hydrogen-bond donors (Lipinski definition) is 1. The topological polar surface area (TPSA) is 68.2 Å². The summed E-state index contributed by atoms with van der Waals surface area (Å²) >= 11 is 2.02. The Balaban J connectivity index is 0.00000320. The van der Waals surface area contributed by atoms with Crippen LogP contribution >= 0.6 is 35.7 Å². The molecule has 2 saturated heterocycles. The molecule has 0 radical (unpaired) electrons. The van der Waals surface area contributed by atoms with Crippen molar-refractivity contribution >= 4 is 51.7 Å². The number of sulfonamides is 1. The van der Waals surface area contributed by atoms with E-state index < -0.39 is 10.0 Å². The van der Waals surface area contributed by atoms with Crippen LogP contribution in [0.1, 0.15) is 18.9 Å². The first-order valence-corrected chi connectivity index (χ1v) is 12.8. The van der Waals surface area contributed by atoms with E-state index in [1.165, 1.54) is 0 Å². The van der Waals surface area contributed by atoms with Crippen LogP contribution < -0.4 is 5.32 Å². The van der Waals surface area contributed by atoms with E-state index in [4.69, 9.17) is 0 Å². The van der Waals surface area contributed by atoms with Gasteiger partial charge in [0.15, 0.2) is 5.96 Å². The highest BCUT2D eigenvalue weighted by atomic mass is 127. The van der Waals surface area contributed by atoms with Gasteiger partial charge in [-0.3, -0.25) is 4.99 Å². The number of hydrogen-bond acceptors (Lipinski definition) is 5. The van der Waals surface area contributed by atoms with Crippen molar-refractivity contribution in [3.8, 4) is 0 Å². The Morgan fingerprint density at radius 1 is 1.20 bits per heavy atom. The van der Waals surface area contributed by atoms with Crippen LogP contribution in [0.15, 0.2) is 34.2 Å². The number of benzene rings is 1. The maximum Gasteiger partial charge on any atom is 0.243 e. The van der Waals surface area contributed by atoms with Crippen molar-refractivity contribution in [3.05, 3.63) is 29.8 Å². The summed E-state index contributed by atoms with van der Waals surface area (Å²) in [6.07, 6.45) is 1.14. The van der Waals surface area contributed by atoms with E-state index in [2.05, 4.69) is 27.0 Å². The second kappa shape index (κ2) is 11.9. The highest BCUT2D eigenvalue weighted by Gasteiger charge is 2.29. The number of guanidine groups is 1. The van der Waals surface area contributed by atoms with Crippen LogP contribution in [0.4, 0.5) is 0 Å². The fourth-order valence-electron chi connectivity index (χ4n) is 3.73. The van der Waals surface area contributed by atoms with E-state index in [0.29, 0.717) is 29.8 Å². The van der Waals surface area contributed by atoms with Gasteiger partial charge in [-0.1, -0.05) is 25.1 Å². The highest BCUT2D eigenvalue weighted by Crippen LogP contribution is 2.23. The summed E-state index contributed by atoms with van der Waals surface area (Å²) in [6, 6.07) is 7.31. The smallest absolute Gasteiger partial charge is 0.243 e. The largest absolute Gasteiger partial charge is 0.352 e. The van der Waals surface area contributed by atoms with E-state index in [-0.39, 0.29) is 24.0 Å². The van der Waals surface area contributed by atoms with Gasteiger partial charge >= 0.3 is 0 Å². The van der Waals surface area contributed by atoms with Crippen LogP contribution in [0.5, 0.6) is 0 Å². The summed E-state index contributed by atoms with van der Waals surface area (Å²) in [5.41, 5.74) is 0.783. The summed E-state index contributed by atoms with van der Waals surface area (Å²) in [5, 5.41) is 4.02. The molecule has 0 saturated carbocycles.